The van der Waals surface area contributed by atoms with Crippen LogP contribution in [0.1, 0.15) is 29.6 Å². The van der Waals surface area contributed by atoms with Crippen LogP contribution < -0.4 is 10.0 Å². The molecule has 3 rings (SSSR count). The van der Waals surface area contributed by atoms with Crippen LogP contribution >= 0.6 is 12.4 Å². The van der Waals surface area contributed by atoms with Crippen LogP contribution in [0.3, 0.4) is 0 Å². The summed E-state index contributed by atoms with van der Waals surface area (Å²) < 4.78 is 26.9. The van der Waals surface area contributed by atoms with Crippen molar-refractivity contribution in [2.75, 3.05) is 26.7 Å². The standard InChI is InChI=1S/C16H23N3O3S.ClH/c1-17-10-12-8-9-19(11-12)16(20)13-2-6-15(7-3-13)23(21,22)18-14-4-5-14;/h2-3,6-7,12,14,17-18H,4-5,8-11H2,1H3;1H. The van der Waals surface area contributed by atoms with Crippen molar-refractivity contribution in [1.82, 2.24) is 14.9 Å². The van der Waals surface area contributed by atoms with Crippen LogP contribution in [-0.4, -0.2) is 51.9 Å². The van der Waals surface area contributed by atoms with E-state index in [2.05, 4.69) is 10.0 Å². The molecule has 1 aliphatic heterocycles. The van der Waals surface area contributed by atoms with Gasteiger partial charge in [-0.1, -0.05) is 0 Å². The summed E-state index contributed by atoms with van der Waals surface area (Å²) in [5.74, 6) is 0.467. The number of sulfonamides is 1. The molecule has 1 atom stereocenters. The Morgan fingerprint density at radius 1 is 1.21 bits per heavy atom. The van der Waals surface area contributed by atoms with Gasteiger partial charge in [-0.3, -0.25) is 4.79 Å². The number of carbonyl (C=O) groups is 1. The van der Waals surface area contributed by atoms with E-state index >= 15 is 0 Å². The minimum Gasteiger partial charge on any atom is -0.338 e. The van der Waals surface area contributed by atoms with E-state index in [1.54, 1.807) is 12.1 Å². The summed E-state index contributed by atoms with van der Waals surface area (Å²) in [4.78, 5) is 14.5. The average Bonchev–Trinajstić information content (AvgIpc) is 3.21. The summed E-state index contributed by atoms with van der Waals surface area (Å²) in [7, 11) is -1.54. The van der Waals surface area contributed by atoms with Crippen molar-refractivity contribution in [3.8, 4) is 0 Å². The van der Waals surface area contributed by atoms with Crippen molar-refractivity contribution in [2.45, 2.75) is 30.2 Å². The van der Waals surface area contributed by atoms with E-state index in [0.29, 0.717) is 11.5 Å². The van der Waals surface area contributed by atoms with Crippen LogP contribution in [0.4, 0.5) is 0 Å². The van der Waals surface area contributed by atoms with Crippen LogP contribution in [0.2, 0.25) is 0 Å². The lowest BCUT2D eigenvalue weighted by molar-refractivity contribution is 0.0787. The molecule has 1 saturated heterocycles. The molecule has 1 saturated carbocycles. The number of benzene rings is 1. The number of hydrogen-bond donors (Lipinski definition) is 2. The number of likely N-dealkylation sites (tertiary alicyclic amines) is 1. The van der Waals surface area contributed by atoms with E-state index in [1.807, 2.05) is 11.9 Å². The van der Waals surface area contributed by atoms with E-state index in [-0.39, 0.29) is 29.3 Å². The molecule has 0 aromatic heterocycles. The van der Waals surface area contributed by atoms with Gasteiger partial charge in [0.1, 0.15) is 0 Å². The molecule has 1 amide bonds. The SMILES string of the molecule is CNCC1CCN(C(=O)c2ccc(S(=O)(=O)NC3CC3)cc2)C1.Cl. The third kappa shape index (κ3) is 4.47. The van der Waals surface area contributed by atoms with Gasteiger partial charge in [-0.15, -0.1) is 12.4 Å². The van der Waals surface area contributed by atoms with Crippen molar-refractivity contribution in [2.24, 2.45) is 5.92 Å². The first-order valence-corrected chi connectivity index (χ1v) is 9.54. The van der Waals surface area contributed by atoms with Crippen LogP contribution in [0.25, 0.3) is 0 Å². The molecular formula is C16H24ClN3O3S. The molecule has 2 fully saturated rings. The molecule has 24 heavy (non-hydrogen) atoms. The average molecular weight is 374 g/mol. The van der Waals surface area contributed by atoms with Crippen molar-refractivity contribution in [3.63, 3.8) is 0 Å². The number of halogens is 1. The number of carbonyl (C=O) groups excluding carboxylic acids is 1. The van der Waals surface area contributed by atoms with Gasteiger partial charge >= 0.3 is 0 Å². The summed E-state index contributed by atoms with van der Waals surface area (Å²) in [6.07, 6.45) is 2.81. The predicted octanol–water partition coefficient (Wildman–Crippen LogP) is 1.23. The van der Waals surface area contributed by atoms with Gasteiger partial charge in [-0.05, 0) is 63.0 Å². The zero-order chi connectivity index (χ0) is 16.4. The number of nitrogens with zero attached hydrogens (tertiary/aromatic N) is 1. The van der Waals surface area contributed by atoms with E-state index < -0.39 is 10.0 Å². The van der Waals surface area contributed by atoms with Crippen molar-refractivity contribution in [3.05, 3.63) is 29.8 Å². The van der Waals surface area contributed by atoms with Crippen LogP contribution in [0.5, 0.6) is 0 Å². The maximum atomic E-state index is 12.5. The van der Waals surface area contributed by atoms with E-state index in [9.17, 15) is 13.2 Å². The Hall–Kier alpha value is -1.15. The monoisotopic (exact) mass is 373 g/mol. The molecule has 1 aromatic carbocycles. The van der Waals surface area contributed by atoms with Crippen LogP contribution in [0, 0.1) is 5.92 Å². The molecule has 2 N–H and O–H groups in total. The molecule has 1 heterocycles. The topological polar surface area (TPSA) is 78.5 Å². The van der Waals surface area contributed by atoms with Gasteiger partial charge in [-0.2, -0.15) is 0 Å². The first kappa shape index (κ1) is 19.2. The minimum absolute atomic E-state index is 0. The Morgan fingerprint density at radius 3 is 2.46 bits per heavy atom. The molecule has 1 aromatic rings. The Kier molecular flexibility index (Phi) is 6.25. The molecule has 1 aliphatic carbocycles. The summed E-state index contributed by atoms with van der Waals surface area (Å²) in [5, 5.41) is 3.14. The molecule has 1 unspecified atom stereocenters. The first-order chi connectivity index (χ1) is 11.0. The molecule has 8 heteroatoms. The minimum atomic E-state index is -3.46. The zero-order valence-electron chi connectivity index (χ0n) is 13.7. The molecule has 0 bridgehead atoms. The number of rotatable bonds is 6. The summed E-state index contributed by atoms with van der Waals surface area (Å²) >= 11 is 0. The highest BCUT2D eigenvalue weighted by Crippen LogP contribution is 2.23. The van der Waals surface area contributed by atoms with Gasteiger partial charge in [0, 0.05) is 24.7 Å². The molecule has 2 aliphatic rings. The lowest BCUT2D eigenvalue weighted by atomic mass is 10.1. The maximum absolute atomic E-state index is 12.5. The second-order valence-electron chi connectivity index (χ2n) is 6.38. The molecule has 0 radical (unpaired) electrons. The van der Waals surface area contributed by atoms with Gasteiger partial charge < -0.3 is 10.2 Å². The number of amides is 1. The zero-order valence-corrected chi connectivity index (χ0v) is 15.3. The largest absolute Gasteiger partial charge is 0.338 e. The molecular weight excluding hydrogens is 350 g/mol. The summed E-state index contributed by atoms with van der Waals surface area (Å²) in [5.41, 5.74) is 0.542. The fourth-order valence-corrected chi connectivity index (χ4v) is 4.23. The lowest BCUT2D eigenvalue weighted by Crippen LogP contribution is -2.30. The lowest BCUT2D eigenvalue weighted by Gasteiger charge is -2.17. The number of hydrogen-bond acceptors (Lipinski definition) is 4. The predicted molar refractivity (Wildman–Crippen MR) is 95.0 cm³/mol. The Morgan fingerprint density at radius 2 is 1.88 bits per heavy atom. The fourth-order valence-electron chi connectivity index (χ4n) is 2.92. The van der Waals surface area contributed by atoms with E-state index in [0.717, 1.165) is 38.9 Å². The van der Waals surface area contributed by atoms with Crippen LogP contribution in [0.15, 0.2) is 29.2 Å². The van der Waals surface area contributed by atoms with E-state index in [4.69, 9.17) is 0 Å². The van der Waals surface area contributed by atoms with Crippen molar-refractivity contribution >= 4 is 28.3 Å². The maximum Gasteiger partial charge on any atom is 0.253 e. The van der Waals surface area contributed by atoms with Gasteiger partial charge in [0.15, 0.2) is 0 Å². The highest BCUT2D eigenvalue weighted by atomic mass is 35.5. The second-order valence-corrected chi connectivity index (χ2v) is 8.10. The summed E-state index contributed by atoms with van der Waals surface area (Å²) in [6.45, 7) is 2.42. The third-order valence-corrected chi connectivity index (χ3v) is 5.91. The highest BCUT2D eigenvalue weighted by Gasteiger charge is 2.29. The summed E-state index contributed by atoms with van der Waals surface area (Å²) in [6, 6.07) is 6.32. The Bertz CT molecular complexity index is 674. The first-order valence-electron chi connectivity index (χ1n) is 8.06. The van der Waals surface area contributed by atoms with Gasteiger partial charge in [0.25, 0.3) is 5.91 Å². The molecule has 0 spiro atoms. The van der Waals surface area contributed by atoms with E-state index in [1.165, 1.54) is 12.1 Å². The van der Waals surface area contributed by atoms with Crippen LogP contribution in [-0.2, 0) is 10.0 Å². The van der Waals surface area contributed by atoms with Gasteiger partial charge in [0.2, 0.25) is 10.0 Å². The molecule has 6 nitrogen and oxygen atoms in total. The normalized spacial score (nSPS) is 20.7. The number of nitrogens with one attached hydrogen (secondary N) is 2. The Balaban J connectivity index is 0.00000208. The second kappa shape index (κ2) is 7.82. The van der Waals surface area contributed by atoms with Crippen molar-refractivity contribution < 1.29 is 13.2 Å². The highest BCUT2D eigenvalue weighted by molar-refractivity contribution is 7.89. The smallest absolute Gasteiger partial charge is 0.253 e. The quantitative estimate of drug-likeness (QED) is 0.786. The Labute approximate surface area is 149 Å². The van der Waals surface area contributed by atoms with Gasteiger partial charge in [-0.25, -0.2) is 13.1 Å². The fraction of sp³-hybridized carbons (Fsp3) is 0.562. The third-order valence-electron chi connectivity index (χ3n) is 4.38. The van der Waals surface area contributed by atoms with Crippen molar-refractivity contribution in [1.29, 1.82) is 0 Å². The van der Waals surface area contributed by atoms with Gasteiger partial charge in [0.05, 0.1) is 4.90 Å². The molecule has 134 valence electrons.